The van der Waals surface area contributed by atoms with Crippen molar-refractivity contribution < 1.29 is 14.6 Å². The quantitative estimate of drug-likeness (QED) is 0.299. The first-order valence-electron chi connectivity index (χ1n) is 8.50. The van der Waals surface area contributed by atoms with Crippen LogP contribution in [0.3, 0.4) is 0 Å². The minimum Gasteiger partial charge on any atom is -0.293 e. The second kappa shape index (κ2) is 12.2. The molecular formula is C19H29O3. The lowest BCUT2D eigenvalue weighted by Gasteiger charge is -2.05. The summed E-state index contributed by atoms with van der Waals surface area (Å²) >= 11 is 0. The number of hydrogen-bond donors (Lipinski definition) is 0. The molecule has 1 aromatic rings. The largest absolute Gasteiger partial charge is 0.373 e. The van der Waals surface area contributed by atoms with Crippen molar-refractivity contribution in [1.29, 1.82) is 0 Å². The summed E-state index contributed by atoms with van der Waals surface area (Å²) in [6.07, 6.45) is 10.0. The van der Waals surface area contributed by atoms with Crippen molar-refractivity contribution in [2.75, 3.05) is 6.61 Å². The van der Waals surface area contributed by atoms with Crippen molar-refractivity contribution in [2.45, 2.75) is 64.7 Å². The van der Waals surface area contributed by atoms with Crippen molar-refractivity contribution in [2.24, 2.45) is 0 Å². The van der Waals surface area contributed by atoms with Gasteiger partial charge >= 0.3 is 5.97 Å². The summed E-state index contributed by atoms with van der Waals surface area (Å²) in [6, 6.07) is 7.61. The first-order chi connectivity index (χ1) is 10.8. The maximum atomic E-state index is 11.8. The number of carbonyl (C=O) groups is 1. The molecule has 0 unspecified atom stereocenters. The van der Waals surface area contributed by atoms with E-state index in [1.54, 1.807) is 0 Å². The lowest BCUT2D eigenvalue weighted by molar-refractivity contribution is -0.241. The van der Waals surface area contributed by atoms with Crippen LogP contribution < -0.4 is 0 Å². The fourth-order valence-corrected chi connectivity index (χ4v) is 2.22. The lowest BCUT2D eigenvalue weighted by Crippen LogP contribution is -2.07. The number of rotatable bonds is 12. The van der Waals surface area contributed by atoms with Crippen LogP contribution in [0.2, 0.25) is 0 Å². The average Bonchev–Trinajstić information content (AvgIpc) is 2.55. The highest BCUT2D eigenvalue weighted by atomic mass is 17.2. The molecule has 1 rings (SSSR count). The molecule has 0 heterocycles. The first-order valence-corrected chi connectivity index (χ1v) is 8.50. The highest BCUT2D eigenvalue weighted by Gasteiger charge is 2.08. The third-order valence-corrected chi connectivity index (χ3v) is 3.62. The van der Waals surface area contributed by atoms with Gasteiger partial charge in [0.15, 0.2) is 0 Å². The normalized spacial score (nSPS) is 10.6. The van der Waals surface area contributed by atoms with Crippen LogP contribution in [0.5, 0.6) is 0 Å². The summed E-state index contributed by atoms with van der Waals surface area (Å²) in [6.45, 7) is 6.44. The van der Waals surface area contributed by atoms with Gasteiger partial charge in [-0.2, -0.15) is 4.89 Å². The summed E-state index contributed by atoms with van der Waals surface area (Å²) in [7, 11) is 0. The van der Waals surface area contributed by atoms with Gasteiger partial charge in [-0.15, -0.1) is 0 Å². The van der Waals surface area contributed by atoms with E-state index in [0.29, 0.717) is 12.2 Å². The van der Waals surface area contributed by atoms with Crippen molar-refractivity contribution in [1.82, 2.24) is 0 Å². The van der Waals surface area contributed by atoms with E-state index in [1.165, 1.54) is 31.2 Å². The summed E-state index contributed by atoms with van der Waals surface area (Å²) in [5.74, 6) is -0.422. The Morgan fingerprint density at radius 1 is 1.00 bits per heavy atom. The number of carbonyl (C=O) groups excluding carboxylic acids is 1. The summed E-state index contributed by atoms with van der Waals surface area (Å²) in [5, 5.41) is 0. The van der Waals surface area contributed by atoms with Gasteiger partial charge in [0.25, 0.3) is 0 Å². The fraction of sp³-hybridized carbons (Fsp3) is 0.579. The highest BCUT2D eigenvalue weighted by Crippen LogP contribution is 2.11. The Kier molecular flexibility index (Phi) is 10.4. The molecule has 3 nitrogen and oxygen atoms in total. The van der Waals surface area contributed by atoms with Crippen LogP contribution in [0.15, 0.2) is 24.3 Å². The molecule has 0 aromatic heterocycles. The molecule has 0 amide bonds. The van der Waals surface area contributed by atoms with Gasteiger partial charge in [0.1, 0.15) is 0 Å². The van der Waals surface area contributed by atoms with Gasteiger partial charge in [-0.3, -0.25) is 4.89 Å². The maximum absolute atomic E-state index is 11.8. The maximum Gasteiger partial charge on any atom is 0.373 e. The molecule has 0 aliphatic carbocycles. The summed E-state index contributed by atoms with van der Waals surface area (Å²) in [5.41, 5.74) is 1.80. The molecular weight excluding hydrogens is 276 g/mol. The molecule has 0 bridgehead atoms. The molecule has 0 aliphatic rings. The molecule has 3 heteroatoms. The average molecular weight is 305 g/mol. The molecule has 1 aromatic carbocycles. The first kappa shape index (κ1) is 18.7. The number of unbranched alkanes of at least 4 members (excludes halogenated alkanes) is 6. The highest BCUT2D eigenvalue weighted by molar-refractivity contribution is 5.88. The Bertz CT molecular complexity index is 398. The van der Waals surface area contributed by atoms with E-state index in [0.717, 1.165) is 32.1 Å². The Balaban J connectivity index is 2.22. The molecule has 0 fully saturated rings. The molecule has 0 atom stereocenters. The van der Waals surface area contributed by atoms with Gasteiger partial charge in [0.05, 0.1) is 12.2 Å². The van der Waals surface area contributed by atoms with Crippen LogP contribution in [-0.4, -0.2) is 12.6 Å². The van der Waals surface area contributed by atoms with Gasteiger partial charge in [-0.05, 0) is 37.0 Å². The van der Waals surface area contributed by atoms with Crippen molar-refractivity contribution in [3.05, 3.63) is 42.3 Å². The standard InChI is InChI=1S/C19H29O3/c1-3-5-7-9-11-17-12-14-18(15-13-17)19(20)22-21-16-10-8-6-4-2/h12-15H,2-11,16H2,1H3. The Morgan fingerprint density at radius 3 is 2.41 bits per heavy atom. The molecule has 0 aliphatic heterocycles. The third-order valence-electron chi connectivity index (χ3n) is 3.62. The monoisotopic (exact) mass is 305 g/mol. The van der Waals surface area contributed by atoms with Crippen LogP contribution in [-0.2, 0) is 16.2 Å². The van der Waals surface area contributed by atoms with E-state index in [-0.39, 0.29) is 0 Å². The van der Waals surface area contributed by atoms with E-state index in [4.69, 9.17) is 9.78 Å². The van der Waals surface area contributed by atoms with Gasteiger partial charge in [0, 0.05) is 0 Å². The smallest absolute Gasteiger partial charge is 0.293 e. The van der Waals surface area contributed by atoms with E-state index in [1.807, 2.05) is 24.3 Å². The fourth-order valence-electron chi connectivity index (χ4n) is 2.22. The van der Waals surface area contributed by atoms with Gasteiger partial charge in [-0.25, -0.2) is 4.79 Å². The molecule has 123 valence electrons. The molecule has 1 radical (unpaired) electrons. The van der Waals surface area contributed by atoms with E-state index in [9.17, 15) is 4.79 Å². The van der Waals surface area contributed by atoms with Crippen LogP contribution in [0, 0.1) is 6.92 Å². The second-order valence-corrected chi connectivity index (χ2v) is 5.61. The topological polar surface area (TPSA) is 35.5 Å². The van der Waals surface area contributed by atoms with Crippen molar-refractivity contribution in [3.8, 4) is 0 Å². The van der Waals surface area contributed by atoms with Gasteiger partial charge < -0.3 is 0 Å². The number of aryl methyl sites for hydroxylation is 1. The predicted octanol–water partition coefficient (Wildman–Crippen LogP) is 5.29. The van der Waals surface area contributed by atoms with Crippen molar-refractivity contribution >= 4 is 5.97 Å². The predicted molar refractivity (Wildman–Crippen MR) is 89.5 cm³/mol. The second-order valence-electron chi connectivity index (χ2n) is 5.61. The minimum atomic E-state index is -0.422. The van der Waals surface area contributed by atoms with Gasteiger partial charge in [0.2, 0.25) is 0 Å². The number of hydrogen-bond acceptors (Lipinski definition) is 3. The van der Waals surface area contributed by atoms with E-state index in [2.05, 4.69) is 13.8 Å². The van der Waals surface area contributed by atoms with Crippen LogP contribution in [0.25, 0.3) is 0 Å². The molecule has 0 saturated heterocycles. The molecule has 0 spiro atoms. The molecule has 0 saturated carbocycles. The Labute approximate surface area is 134 Å². The van der Waals surface area contributed by atoms with Gasteiger partial charge in [-0.1, -0.05) is 64.5 Å². The Morgan fingerprint density at radius 2 is 1.73 bits per heavy atom. The third kappa shape index (κ3) is 8.18. The minimum absolute atomic E-state index is 0.422. The van der Waals surface area contributed by atoms with Crippen LogP contribution in [0.1, 0.15) is 74.2 Å². The number of benzene rings is 1. The zero-order chi connectivity index (χ0) is 16.0. The van der Waals surface area contributed by atoms with E-state index < -0.39 is 5.97 Å². The SMILES string of the molecule is [CH2]CCCCCOOC(=O)c1ccc(CCCCCC)cc1. The van der Waals surface area contributed by atoms with Crippen LogP contribution >= 0.6 is 0 Å². The van der Waals surface area contributed by atoms with Crippen LogP contribution in [0.4, 0.5) is 0 Å². The summed E-state index contributed by atoms with van der Waals surface area (Å²) < 4.78 is 0. The van der Waals surface area contributed by atoms with Crippen molar-refractivity contribution in [3.63, 3.8) is 0 Å². The lowest BCUT2D eigenvalue weighted by atomic mass is 10.0. The zero-order valence-electron chi connectivity index (χ0n) is 13.8. The Hall–Kier alpha value is -1.35. The molecule has 22 heavy (non-hydrogen) atoms. The summed E-state index contributed by atoms with van der Waals surface area (Å²) in [4.78, 5) is 21.5. The zero-order valence-corrected chi connectivity index (χ0v) is 13.8. The van der Waals surface area contributed by atoms with E-state index >= 15 is 0 Å². The molecule has 0 N–H and O–H groups in total.